The lowest BCUT2D eigenvalue weighted by Gasteiger charge is -2.34. The lowest BCUT2D eigenvalue weighted by Crippen LogP contribution is -2.51. The van der Waals surface area contributed by atoms with Crippen LogP contribution in [0.1, 0.15) is 23.0 Å². The molecule has 130 valence electrons. The molecule has 1 aliphatic heterocycles. The summed E-state index contributed by atoms with van der Waals surface area (Å²) in [6, 6.07) is 7.74. The maximum atomic E-state index is 12.5. The van der Waals surface area contributed by atoms with Crippen LogP contribution >= 0.6 is 0 Å². The van der Waals surface area contributed by atoms with E-state index in [0.717, 1.165) is 33.9 Å². The number of nitrogens with one attached hydrogen (secondary N) is 1. The van der Waals surface area contributed by atoms with Gasteiger partial charge < -0.3 is 14.3 Å². The van der Waals surface area contributed by atoms with Crippen molar-refractivity contribution in [2.45, 2.75) is 39.5 Å². The SMILES string of the molecule is CNC(=O)C1Cn2c(C)nnc2CN1Cc1c(C)oc2ccccc12. The summed E-state index contributed by atoms with van der Waals surface area (Å²) in [6.07, 6.45) is 0. The van der Waals surface area contributed by atoms with E-state index in [4.69, 9.17) is 4.42 Å². The van der Waals surface area contributed by atoms with E-state index in [2.05, 4.69) is 26.5 Å². The summed E-state index contributed by atoms with van der Waals surface area (Å²) in [5, 5.41) is 12.3. The molecule has 7 nitrogen and oxygen atoms in total. The number of hydrogen-bond donors (Lipinski definition) is 1. The van der Waals surface area contributed by atoms with Crippen LogP contribution < -0.4 is 5.32 Å². The Morgan fingerprint density at radius 1 is 1.32 bits per heavy atom. The van der Waals surface area contributed by atoms with E-state index in [1.165, 1.54) is 0 Å². The molecular formula is C18H21N5O2. The van der Waals surface area contributed by atoms with Crippen molar-refractivity contribution in [1.82, 2.24) is 25.0 Å². The summed E-state index contributed by atoms with van der Waals surface area (Å²) >= 11 is 0. The van der Waals surface area contributed by atoms with Crippen LogP contribution in [0.3, 0.4) is 0 Å². The maximum absolute atomic E-state index is 12.5. The molecule has 4 rings (SSSR count). The lowest BCUT2D eigenvalue weighted by molar-refractivity contribution is -0.127. The number of aryl methyl sites for hydroxylation is 2. The van der Waals surface area contributed by atoms with Crippen molar-refractivity contribution < 1.29 is 9.21 Å². The molecule has 25 heavy (non-hydrogen) atoms. The molecule has 1 atom stereocenters. The second-order valence-electron chi connectivity index (χ2n) is 6.44. The molecule has 1 unspecified atom stereocenters. The minimum Gasteiger partial charge on any atom is -0.461 e. The van der Waals surface area contributed by atoms with Gasteiger partial charge in [0.15, 0.2) is 0 Å². The van der Waals surface area contributed by atoms with Gasteiger partial charge in [0.2, 0.25) is 5.91 Å². The molecule has 0 bridgehead atoms. The number of fused-ring (bicyclic) bond motifs is 2. The zero-order chi connectivity index (χ0) is 17.6. The second kappa shape index (κ2) is 6.00. The standard InChI is InChI=1S/C18H21N5O2/c1-11-14(13-6-4-5-7-16(13)25-11)8-22-10-17-21-20-12(2)23(17)9-15(22)18(24)19-3/h4-7,15H,8-10H2,1-3H3,(H,19,24). The minimum atomic E-state index is -0.264. The van der Waals surface area contributed by atoms with Gasteiger partial charge in [0, 0.05) is 24.5 Å². The molecule has 0 fully saturated rings. The summed E-state index contributed by atoms with van der Waals surface area (Å²) in [4.78, 5) is 14.6. The molecule has 3 heterocycles. The first kappa shape index (κ1) is 15.8. The molecule has 3 aromatic rings. The number of rotatable bonds is 3. The van der Waals surface area contributed by atoms with Crippen LogP contribution in [-0.2, 0) is 24.4 Å². The van der Waals surface area contributed by atoms with Crippen LogP contribution in [0.5, 0.6) is 0 Å². The van der Waals surface area contributed by atoms with E-state index in [-0.39, 0.29) is 11.9 Å². The Bertz CT molecular complexity index is 942. The van der Waals surface area contributed by atoms with Crippen LogP contribution in [0.2, 0.25) is 0 Å². The van der Waals surface area contributed by atoms with Gasteiger partial charge in [0.25, 0.3) is 0 Å². The first-order chi connectivity index (χ1) is 12.1. The van der Waals surface area contributed by atoms with E-state index < -0.39 is 0 Å². The fourth-order valence-corrected chi connectivity index (χ4v) is 3.56. The van der Waals surface area contributed by atoms with Crippen molar-refractivity contribution in [3.63, 3.8) is 0 Å². The Balaban J connectivity index is 1.72. The monoisotopic (exact) mass is 339 g/mol. The zero-order valence-electron chi connectivity index (χ0n) is 14.6. The van der Waals surface area contributed by atoms with Gasteiger partial charge in [-0.1, -0.05) is 18.2 Å². The Morgan fingerprint density at radius 3 is 2.92 bits per heavy atom. The molecule has 0 saturated heterocycles. The van der Waals surface area contributed by atoms with Crippen molar-refractivity contribution in [2.24, 2.45) is 0 Å². The third kappa shape index (κ3) is 2.60. The topological polar surface area (TPSA) is 76.2 Å². The largest absolute Gasteiger partial charge is 0.461 e. The van der Waals surface area contributed by atoms with Gasteiger partial charge in [-0.05, 0) is 19.9 Å². The van der Waals surface area contributed by atoms with Gasteiger partial charge in [-0.3, -0.25) is 9.69 Å². The average molecular weight is 339 g/mol. The molecular weight excluding hydrogens is 318 g/mol. The molecule has 0 saturated carbocycles. The van der Waals surface area contributed by atoms with Gasteiger partial charge >= 0.3 is 0 Å². The van der Waals surface area contributed by atoms with Crippen molar-refractivity contribution in [3.8, 4) is 0 Å². The summed E-state index contributed by atoms with van der Waals surface area (Å²) in [7, 11) is 1.67. The summed E-state index contributed by atoms with van der Waals surface area (Å²) in [5.41, 5.74) is 2.00. The number of carbonyl (C=O) groups is 1. The average Bonchev–Trinajstić information content (AvgIpc) is 3.14. The molecule has 1 N–H and O–H groups in total. The van der Waals surface area contributed by atoms with Gasteiger partial charge in [-0.25, -0.2) is 0 Å². The number of amides is 1. The highest BCUT2D eigenvalue weighted by atomic mass is 16.3. The number of nitrogens with zero attached hydrogens (tertiary/aromatic N) is 4. The van der Waals surface area contributed by atoms with Gasteiger partial charge in [-0.15, -0.1) is 10.2 Å². The van der Waals surface area contributed by atoms with Gasteiger partial charge in [-0.2, -0.15) is 0 Å². The van der Waals surface area contributed by atoms with Crippen molar-refractivity contribution in [3.05, 3.63) is 47.2 Å². The molecule has 7 heteroatoms. The highest BCUT2D eigenvalue weighted by Crippen LogP contribution is 2.29. The molecule has 1 amide bonds. The van der Waals surface area contributed by atoms with Gasteiger partial charge in [0.05, 0.1) is 13.1 Å². The lowest BCUT2D eigenvalue weighted by atomic mass is 10.1. The molecule has 0 aliphatic carbocycles. The Labute approximate surface area is 145 Å². The minimum absolute atomic E-state index is 0.00389. The first-order valence-corrected chi connectivity index (χ1v) is 8.40. The fraction of sp³-hybridized carbons (Fsp3) is 0.389. The second-order valence-corrected chi connectivity index (χ2v) is 6.44. The quantitative estimate of drug-likeness (QED) is 0.787. The smallest absolute Gasteiger partial charge is 0.238 e. The highest BCUT2D eigenvalue weighted by molar-refractivity contribution is 5.83. The van der Waals surface area contributed by atoms with Crippen molar-refractivity contribution >= 4 is 16.9 Å². The van der Waals surface area contributed by atoms with E-state index in [0.29, 0.717) is 19.6 Å². The molecule has 1 aromatic carbocycles. The van der Waals surface area contributed by atoms with E-state index in [1.54, 1.807) is 7.05 Å². The number of furan rings is 1. The summed E-state index contributed by atoms with van der Waals surface area (Å²) < 4.78 is 7.90. The van der Waals surface area contributed by atoms with E-state index in [9.17, 15) is 4.79 Å². The van der Waals surface area contributed by atoms with Crippen LogP contribution in [0.4, 0.5) is 0 Å². The van der Waals surface area contributed by atoms with Crippen molar-refractivity contribution in [1.29, 1.82) is 0 Å². The number of para-hydroxylation sites is 1. The van der Waals surface area contributed by atoms with E-state index in [1.807, 2.05) is 36.6 Å². The molecule has 0 spiro atoms. The summed E-state index contributed by atoms with van der Waals surface area (Å²) in [5.74, 6) is 2.63. The molecule has 0 radical (unpaired) electrons. The molecule has 1 aliphatic rings. The number of hydrogen-bond acceptors (Lipinski definition) is 5. The first-order valence-electron chi connectivity index (χ1n) is 8.40. The molecule has 2 aromatic heterocycles. The number of likely N-dealkylation sites (N-methyl/N-ethyl adjacent to an activating group) is 1. The number of carbonyl (C=O) groups excluding carboxylic acids is 1. The van der Waals surface area contributed by atoms with Crippen molar-refractivity contribution in [2.75, 3.05) is 7.05 Å². The summed E-state index contributed by atoms with van der Waals surface area (Å²) in [6.45, 7) is 5.66. The fourth-order valence-electron chi connectivity index (χ4n) is 3.56. The van der Waals surface area contributed by atoms with E-state index >= 15 is 0 Å². The maximum Gasteiger partial charge on any atom is 0.238 e. The third-order valence-corrected chi connectivity index (χ3v) is 4.96. The number of aromatic nitrogens is 3. The Morgan fingerprint density at radius 2 is 2.12 bits per heavy atom. The van der Waals surface area contributed by atoms with Gasteiger partial charge in [0.1, 0.15) is 29.0 Å². The van der Waals surface area contributed by atoms with Crippen LogP contribution in [0.15, 0.2) is 28.7 Å². The predicted octanol–water partition coefficient (Wildman–Crippen LogP) is 1.77. The highest BCUT2D eigenvalue weighted by Gasteiger charge is 2.33. The zero-order valence-corrected chi connectivity index (χ0v) is 14.6. The predicted molar refractivity (Wildman–Crippen MR) is 92.8 cm³/mol. The number of benzene rings is 1. The Hall–Kier alpha value is -2.67. The normalized spacial score (nSPS) is 17.6. The Kier molecular flexibility index (Phi) is 3.80. The van der Waals surface area contributed by atoms with Crippen LogP contribution in [0, 0.1) is 13.8 Å². The third-order valence-electron chi connectivity index (χ3n) is 4.96. The van der Waals surface area contributed by atoms with Crippen LogP contribution in [-0.4, -0.2) is 38.7 Å². The van der Waals surface area contributed by atoms with Crippen LogP contribution in [0.25, 0.3) is 11.0 Å².